The number of carbonyl (C=O) groups is 2. The SMILES string of the molecule is O=C(/C=C/c1ccco1)Oc1ccc([C@@H]2NC(=O)c3c(sc4c3CCN(Cc3ccccc3)C4)N2)cc1. The van der Waals surface area contributed by atoms with E-state index in [9.17, 15) is 9.59 Å². The summed E-state index contributed by atoms with van der Waals surface area (Å²) in [5.74, 6) is 0.449. The molecule has 1 atom stereocenters. The Morgan fingerprint density at radius 3 is 2.70 bits per heavy atom. The van der Waals surface area contributed by atoms with Crippen LogP contribution in [0.1, 0.15) is 43.9 Å². The van der Waals surface area contributed by atoms with Gasteiger partial charge in [0.2, 0.25) is 0 Å². The van der Waals surface area contributed by atoms with E-state index in [0.29, 0.717) is 11.5 Å². The lowest BCUT2D eigenvalue weighted by atomic mass is 10.00. The Kier molecular flexibility index (Phi) is 6.34. The molecule has 8 heteroatoms. The number of rotatable bonds is 6. The van der Waals surface area contributed by atoms with Crippen molar-refractivity contribution >= 4 is 34.3 Å². The maximum atomic E-state index is 13.1. The first-order chi connectivity index (χ1) is 18.1. The number of anilines is 1. The van der Waals surface area contributed by atoms with Crippen LogP contribution in [0.4, 0.5) is 5.00 Å². The van der Waals surface area contributed by atoms with Gasteiger partial charge in [0.1, 0.15) is 22.7 Å². The van der Waals surface area contributed by atoms with E-state index >= 15 is 0 Å². The van der Waals surface area contributed by atoms with E-state index in [4.69, 9.17) is 9.15 Å². The molecule has 0 saturated heterocycles. The number of nitrogens with one attached hydrogen (secondary N) is 2. The summed E-state index contributed by atoms with van der Waals surface area (Å²) in [5.41, 5.74) is 4.12. The Bertz CT molecular complexity index is 1440. The number of hydrogen-bond acceptors (Lipinski definition) is 7. The Hall–Kier alpha value is -4.14. The zero-order valence-corrected chi connectivity index (χ0v) is 20.8. The molecule has 2 aliphatic rings. The maximum Gasteiger partial charge on any atom is 0.336 e. The molecule has 4 heterocycles. The van der Waals surface area contributed by atoms with E-state index in [2.05, 4.69) is 39.8 Å². The fourth-order valence-electron chi connectivity index (χ4n) is 4.73. The van der Waals surface area contributed by atoms with Crippen LogP contribution in [-0.2, 0) is 24.3 Å². The third-order valence-electron chi connectivity index (χ3n) is 6.52. The summed E-state index contributed by atoms with van der Waals surface area (Å²) in [6.07, 6.45) is 4.91. The Balaban J connectivity index is 1.12. The van der Waals surface area contributed by atoms with Crippen molar-refractivity contribution in [3.05, 3.63) is 112 Å². The fourth-order valence-corrected chi connectivity index (χ4v) is 6.04. The highest BCUT2D eigenvalue weighted by Crippen LogP contribution is 2.41. The largest absolute Gasteiger partial charge is 0.465 e. The second-order valence-corrected chi connectivity index (χ2v) is 10.1. The molecule has 0 radical (unpaired) electrons. The van der Waals surface area contributed by atoms with Crippen molar-refractivity contribution in [2.45, 2.75) is 25.7 Å². The van der Waals surface area contributed by atoms with Gasteiger partial charge in [0.05, 0.1) is 11.8 Å². The van der Waals surface area contributed by atoms with Crippen molar-refractivity contribution in [2.75, 3.05) is 11.9 Å². The van der Waals surface area contributed by atoms with Crippen molar-refractivity contribution in [3.63, 3.8) is 0 Å². The van der Waals surface area contributed by atoms with E-state index in [1.54, 1.807) is 41.7 Å². The number of nitrogens with zero attached hydrogens (tertiary/aromatic N) is 1. The standard InChI is InChI=1S/C29H25N3O4S/c33-25(13-12-21-7-4-16-35-21)36-22-10-8-20(9-11-22)27-30-28(34)26-23-14-15-32(17-19-5-2-1-3-6-19)18-24(23)37-29(26)31-27/h1-13,16,27,31H,14-15,17-18H2,(H,30,34)/b13-12+/t27-/m1/s1. The van der Waals surface area contributed by atoms with Crippen molar-refractivity contribution in [1.29, 1.82) is 0 Å². The first-order valence-corrected chi connectivity index (χ1v) is 13.0. The van der Waals surface area contributed by atoms with Crippen molar-refractivity contribution in [3.8, 4) is 5.75 Å². The average molecular weight is 512 g/mol. The van der Waals surface area contributed by atoms with Crippen LogP contribution in [0.2, 0.25) is 0 Å². The first kappa shape index (κ1) is 23.3. The van der Waals surface area contributed by atoms with Gasteiger partial charge < -0.3 is 19.8 Å². The minimum absolute atomic E-state index is 0.0497. The van der Waals surface area contributed by atoms with Gasteiger partial charge >= 0.3 is 5.97 Å². The lowest BCUT2D eigenvalue weighted by Gasteiger charge is -2.28. The molecule has 37 heavy (non-hydrogen) atoms. The predicted molar refractivity (Wildman–Crippen MR) is 142 cm³/mol. The molecule has 0 bridgehead atoms. The quantitative estimate of drug-likeness (QED) is 0.206. The molecule has 2 aromatic carbocycles. The van der Waals surface area contributed by atoms with Crippen LogP contribution >= 0.6 is 11.3 Å². The van der Waals surface area contributed by atoms with Crippen LogP contribution in [-0.4, -0.2) is 23.3 Å². The number of furan rings is 1. The zero-order chi connectivity index (χ0) is 25.2. The number of esters is 1. The second-order valence-electron chi connectivity index (χ2n) is 9.04. The van der Waals surface area contributed by atoms with Gasteiger partial charge in [0, 0.05) is 30.6 Å². The van der Waals surface area contributed by atoms with Gasteiger partial charge in [0.15, 0.2) is 0 Å². The molecule has 0 aliphatic carbocycles. The highest BCUT2D eigenvalue weighted by atomic mass is 32.1. The number of benzene rings is 2. The summed E-state index contributed by atoms with van der Waals surface area (Å²) in [7, 11) is 0. The van der Waals surface area contributed by atoms with Crippen molar-refractivity contribution < 1.29 is 18.7 Å². The molecule has 7 nitrogen and oxygen atoms in total. The molecule has 186 valence electrons. The van der Waals surface area contributed by atoms with Crippen LogP contribution in [0.5, 0.6) is 5.75 Å². The molecule has 0 unspecified atom stereocenters. The summed E-state index contributed by atoms with van der Waals surface area (Å²) in [6, 6.07) is 21.1. The highest BCUT2D eigenvalue weighted by molar-refractivity contribution is 7.16. The monoisotopic (exact) mass is 511 g/mol. The van der Waals surface area contributed by atoms with Crippen LogP contribution in [0, 0.1) is 0 Å². The summed E-state index contributed by atoms with van der Waals surface area (Å²) in [4.78, 5) is 28.9. The van der Waals surface area contributed by atoms with E-state index in [0.717, 1.165) is 47.7 Å². The number of fused-ring (bicyclic) bond motifs is 3. The smallest absolute Gasteiger partial charge is 0.336 e. The van der Waals surface area contributed by atoms with Gasteiger partial charge in [-0.3, -0.25) is 9.69 Å². The van der Waals surface area contributed by atoms with Gasteiger partial charge in [-0.2, -0.15) is 0 Å². The van der Waals surface area contributed by atoms with E-state index in [-0.39, 0.29) is 12.1 Å². The molecule has 4 aromatic rings. The first-order valence-electron chi connectivity index (χ1n) is 12.1. The predicted octanol–water partition coefficient (Wildman–Crippen LogP) is 5.37. The normalized spacial score (nSPS) is 17.1. The van der Waals surface area contributed by atoms with Crippen molar-refractivity contribution in [1.82, 2.24) is 10.2 Å². The molecule has 0 fully saturated rings. The number of thiophene rings is 1. The Morgan fingerprint density at radius 2 is 1.92 bits per heavy atom. The third-order valence-corrected chi connectivity index (χ3v) is 7.67. The van der Waals surface area contributed by atoms with Gasteiger partial charge in [0.25, 0.3) is 5.91 Å². The summed E-state index contributed by atoms with van der Waals surface area (Å²) >= 11 is 1.67. The molecule has 1 amide bonds. The Morgan fingerprint density at radius 1 is 1.08 bits per heavy atom. The van der Waals surface area contributed by atoms with E-state index in [1.807, 2.05) is 18.2 Å². The summed E-state index contributed by atoms with van der Waals surface area (Å²) in [5, 5.41) is 7.50. The fraction of sp³-hybridized carbons (Fsp3) is 0.172. The minimum atomic E-state index is -0.497. The Labute approximate surface area is 218 Å². The zero-order valence-electron chi connectivity index (χ0n) is 20.0. The summed E-state index contributed by atoms with van der Waals surface area (Å²) < 4.78 is 10.5. The number of carbonyl (C=O) groups excluding carboxylic acids is 2. The summed E-state index contributed by atoms with van der Waals surface area (Å²) in [6.45, 7) is 2.68. The number of amides is 1. The minimum Gasteiger partial charge on any atom is -0.465 e. The van der Waals surface area contributed by atoms with Gasteiger partial charge in [-0.05, 0) is 53.5 Å². The number of ether oxygens (including phenoxy) is 1. The van der Waals surface area contributed by atoms with Crippen LogP contribution in [0.25, 0.3) is 6.08 Å². The molecule has 2 aromatic heterocycles. The third kappa shape index (κ3) is 5.07. The molecule has 0 saturated carbocycles. The lowest BCUT2D eigenvalue weighted by molar-refractivity contribution is -0.128. The molecular weight excluding hydrogens is 486 g/mol. The maximum absolute atomic E-state index is 13.1. The van der Waals surface area contributed by atoms with Gasteiger partial charge in [-0.1, -0.05) is 42.5 Å². The molecule has 2 N–H and O–H groups in total. The number of hydrogen-bond donors (Lipinski definition) is 2. The van der Waals surface area contributed by atoms with E-state index in [1.165, 1.54) is 22.8 Å². The molecule has 2 aliphatic heterocycles. The van der Waals surface area contributed by atoms with Gasteiger partial charge in [-0.15, -0.1) is 11.3 Å². The highest BCUT2D eigenvalue weighted by Gasteiger charge is 2.33. The van der Waals surface area contributed by atoms with Crippen LogP contribution in [0.3, 0.4) is 0 Å². The molecule has 6 rings (SSSR count). The van der Waals surface area contributed by atoms with Crippen LogP contribution in [0.15, 0.2) is 83.5 Å². The lowest BCUT2D eigenvalue weighted by Crippen LogP contribution is -2.38. The van der Waals surface area contributed by atoms with Crippen LogP contribution < -0.4 is 15.4 Å². The molecular formula is C29H25N3O4S. The van der Waals surface area contributed by atoms with E-state index < -0.39 is 5.97 Å². The van der Waals surface area contributed by atoms with Gasteiger partial charge in [-0.25, -0.2) is 4.79 Å². The molecule has 0 spiro atoms. The second kappa shape index (κ2) is 10.1. The average Bonchev–Trinajstić information content (AvgIpc) is 3.56. The van der Waals surface area contributed by atoms with Crippen molar-refractivity contribution in [2.24, 2.45) is 0 Å². The topological polar surface area (TPSA) is 83.8 Å².